The van der Waals surface area contributed by atoms with Crippen molar-refractivity contribution in [3.05, 3.63) is 0 Å². The summed E-state index contributed by atoms with van der Waals surface area (Å²) in [5.74, 6) is 0. The summed E-state index contributed by atoms with van der Waals surface area (Å²) in [6.07, 6.45) is 4.48. The summed E-state index contributed by atoms with van der Waals surface area (Å²) >= 11 is 5.00. The van der Waals surface area contributed by atoms with Gasteiger partial charge in [0, 0.05) is 6.04 Å². The second kappa shape index (κ2) is 2.55. The number of hydrogen-bond donors (Lipinski definition) is 1. The third-order valence-electron chi connectivity index (χ3n) is 1.52. The van der Waals surface area contributed by atoms with Crippen LogP contribution in [0.1, 0.15) is 25.7 Å². The highest BCUT2D eigenvalue weighted by atomic mass is 32.1. The zero-order valence-electron chi connectivity index (χ0n) is 4.89. The highest BCUT2D eigenvalue weighted by molar-refractivity contribution is 7.80. The van der Waals surface area contributed by atoms with Crippen LogP contribution in [0.3, 0.4) is 0 Å². The Hall–Kier alpha value is 0.0500. The zero-order valence-corrected chi connectivity index (χ0v) is 5.71. The van der Waals surface area contributed by atoms with Gasteiger partial charge in [0.05, 0.1) is 0 Å². The molecular formula is C6H11NS. The van der Waals surface area contributed by atoms with Crippen molar-refractivity contribution in [2.24, 2.45) is 5.73 Å². The van der Waals surface area contributed by atoms with Gasteiger partial charge >= 0.3 is 0 Å². The largest absolute Gasteiger partial charge is 0.327 e. The Labute approximate surface area is 55.3 Å². The Morgan fingerprint density at radius 3 is 2.75 bits per heavy atom. The third-order valence-corrected chi connectivity index (χ3v) is 1.89. The van der Waals surface area contributed by atoms with E-state index in [2.05, 4.69) is 0 Å². The smallest absolute Gasteiger partial charge is 0.00844 e. The molecule has 1 rings (SSSR count). The maximum atomic E-state index is 5.64. The summed E-state index contributed by atoms with van der Waals surface area (Å²) in [5.41, 5.74) is 5.64. The molecule has 1 fully saturated rings. The first-order valence-electron chi connectivity index (χ1n) is 3.06. The summed E-state index contributed by atoms with van der Waals surface area (Å²) in [4.78, 5) is 1.17. The van der Waals surface area contributed by atoms with E-state index in [1.54, 1.807) is 0 Å². The van der Waals surface area contributed by atoms with Crippen LogP contribution in [0, 0.1) is 0 Å². The second-order valence-electron chi connectivity index (χ2n) is 2.40. The molecule has 2 N–H and O–H groups in total. The lowest BCUT2D eigenvalue weighted by Crippen LogP contribution is -2.26. The van der Waals surface area contributed by atoms with Crippen molar-refractivity contribution in [3.8, 4) is 0 Å². The predicted molar refractivity (Wildman–Crippen MR) is 39.0 cm³/mol. The Balaban J connectivity index is 2.34. The van der Waals surface area contributed by atoms with Gasteiger partial charge in [0.2, 0.25) is 0 Å². The van der Waals surface area contributed by atoms with Crippen molar-refractivity contribution in [1.29, 1.82) is 0 Å². The molecule has 8 heavy (non-hydrogen) atoms. The van der Waals surface area contributed by atoms with E-state index in [0.29, 0.717) is 6.04 Å². The summed E-state index contributed by atoms with van der Waals surface area (Å²) in [6.45, 7) is 0. The maximum absolute atomic E-state index is 5.64. The van der Waals surface area contributed by atoms with Crippen LogP contribution in [0.25, 0.3) is 0 Å². The van der Waals surface area contributed by atoms with Crippen LogP contribution < -0.4 is 5.73 Å². The van der Waals surface area contributed by atoms with Crippen LogP contribution in [0.15, 0.2) is 0 Å². The first kappa shape index (κ1) is 6.17. The van der Waals surface area contributed by atoms with E-state index in [9.17, 15) is 0 Å². The van der Waals surface area contributed by atoms with Crippen molar-refractivity contribution >= 4 is 17.1 Å². The summed E-state index contributed by atoms with van der Waals surface area (Å²) in [6, 6.07) is 0.372. The molecule has 1 nitrogen and oxygen atoms in total. The highest BCUT2D eigenvalue weighted by Crippen LogP contribution is 2.13. The normalized spacial score (nSPS) is 30.6. The lowest BCUT2D eigenvalue weighted by atomic mass is 9.96. The monoisotopic (exact) mass is 129 g/mol. The molecule has 0 bridgehead atoms. The standard InChI is InChI=1S/C6H11NS/c7-5-2-1-3-6(8)4-5/h5H,1-4,7H2. The van der Waals surface area contributed by atoms with Crippen molar-refractivity contribution < 1.29 is 0 Å². The fraction of sp³-hybridized carbons (Fsp3) is 0.833. The number of hydrogen-bond acceptors (Lipinski definition) is 2. The predicted octanol–water partition coefficient (Wildman–Crippen LogP) is 1.26. The van der Waals surface area contributed by atoms with Gasteiger partial charge in [-0.15, -0.1) is 0 Å². The first-order valence-corrected chi connectivity index (χ1v) is 3.47. The van der Waals surface area contributed by atoms with Gasteiger partial charge in [-0.3, -0.25) is 0 Å². The molecule has 1 aliphatic rings. The van der Waals surface area contributed by atoms with Gasteiger partial charge < -0.3 is 5.73 Å². The SMILES string of the molecule is NC1CCCC(=S)C1. The molecule has 0 aliphatic heterocycles. The van der Waals surface area contributed by atoms with Crippen LogP contribution in [0.5, 0.6) is 0 Å². The molecule has 0 heterocycles. The van der Waals surface area contributed by atoms with Gasteiger partial charge in [0.1, 0.15) is 0 Å². The van der Waals surface area contributed by atoms with E-state index >= 15 is 0 Å². The van der Waals surface area contributed by atoms with E-state index in [4.69, 9.17) is 18.0 Å². The summed E-state index contributed by atoms with van der Waals surface area (Å²) in [5, 5.41) is 0. The van der Waals surface area contributed by atoms with Crippen LogP contribution in [0.2, 0.25) is 0 Å². The number of nitrogens with two attached hydrogens (primary N) is 1. The minimum atomic E-state index is 0.372. The molecule has 0 aromatic heterocycles. The summed E-state index contributed by atoms with van der Waals surface area (Å²) in [7, 11) is 0. The fourth-order valence-electron chi connectivity index (χ4n) is 1.06. The van der Waals surface area contributed by atoms with E-state index < -0.39 is 0 Å². The molecule has 46 valence electrons. The molecule has 1 atom stereocenters. The number of rotatable bonds is 0. The van der Waals surface area contributed by atoms with E-state index in [-0.39, 0.29) is 0 Å². The van der Waals surface area contributed by atoms with Crippen molar-refractivity contribution in [1.82, 2.24) is 0 Å². The van der Waals surface area contributed by atoms with Gasteiger partial charge in [-0.05, 0) is 30.5 Å². The van der Waals surface area contributed by atoms with Crippen LogP contribution >= 0.6 is 12.2 Å². The molecule has 1 unspecified atom stereocenters. The lowest BCUT2D eigenvalue weighted by Gasteiger charge is -2.17. The zero-order chi connectivity index (χ0) is 5.98. The number of thiocarbonyl (C=S) groups is 1. The Morgan fingerprint density at radius 1 is 1.62 bits per heavy atom. The molecular weight excluding hydrogens is 118 g/mol. The minimum Gasteiger partial charge on any atom is -0.327 e. The minimum absolute atomic E-state index is 0.372. The van der Waals surface area contributed by atoms with Crippen molar-refractivity contribution in [2.45, 2.75) is 31.7 Å². The first-order chi connectivity index (χ1) is 3.79. The van der Waals surface area contributed by atoms with Gasteiger partial charge in [-0.25, -0.2) is 0 Å². The molecule has 1 saturated carbocycles. The van der Waals surface area contributed by atoms with Gasteiger partial charge in [0.15, 0.2) is 0 Å². The van der Waals surface area contributed by atoms with Crippen LogP contribution in [-0.4, -0.2) is 10.9 Å². The second-order valence-corrected chi connectivity index (χ2v) is 2.97. The summed E-state index contributed by atoms with van der Waals surface area (Å²) < 4.78 is 0. The van der Waals surface area contributed by atoms with E-state index in [1.165, 1.54) is 17.7 Å². The molecule has 0 aromatic carbocycles. The van der Waals surface area contributed by atoms with Gasteiger partial charge in [0.25, 0.3) is 0 Å². The molecule has 0 spiro atoms. The van der Waals surface area contributed by atoms with Crippen molar-refractivity contribution in [3.63, 3.8) is 0 Å². The molecule has 0 radical (unpaired) electrons. The molecule has 0 saturated heterocycles. The fourth-order valence-corrected chi connectivity index (χ4v) is 1.42. The van der Waals surface area contributed by atoms with E-state index in [1.807, 2.05) is 0 Å². The van der Waals surface area contributed by atoms with Crippen LogP contribution in [-0.2, 0) is 0 Å². The maximum Gasteiger partial charge on any atom is 0.00844 e. The van der Waals surface area contributed by atoms with Gasteiger partial charge in [-0.2, -0.15) is 0 Å². The van der Waals surface area contributed by atoms with Crippen LogP contribution in [0.4, 0.5) is 0 Å². The van der Waals surface area contributed by atoms with Crippen molar-refractivity contribution in [2.75, 3.05) is 0 Å². The Kier molecular flexibility index (Phi) is 1.97. The third kappa shape index (κ3) is 1.53. The topological polar surface area (TPSA) is 26.0 Å². The molecule has 2 heteroatoms. The Bertz CT molecular complexity index is 101. The quantitative estimate of drug-likeness (QED) is 0.498. The molecule has 0 amide bonds. The van der Waals surface area contributed by atoms with Gasteiger partial charge in [-0.1, -0.05) is 12.2 Å². The molecule has 1 aliphatic carbocycles. The average molecular weight is 129 g/mol. The average Bonchev–Trinajstić information content (AvgIpc) is 1.64. The van der Waals surface area contributed by atoms with E-state index in [0.717, 1.165) is 12.8 Å². The highest BCUT2D eigenvalue weighted by Gasteiger charge is 2.11. The lowest BCUT2D eigenvalue weighted by molar-refractivity contribution is 0.576. The Morgan fingerprint density at radius 2 is 2.38 bits per heavy atom. The molecule has 0 aromatic rings.